The predicted octanol–water partition coefficient (Wildman–Crippen LogP) is 3.13. The van der Waals surface area contributed by atoms with Crippen molar-refractivity contribution in [1.82, 2.24) is 15.1 Å². The maximum atomic E-state index is 6.03. The van der Waals surface area contributed by atoms with Crippen LogP contribution in [0.2, 0.25) is 0 Å². The molecule has 0 bridgehead atoms. The van der Waals surface area contributed by atoms with Crippen LogP contribution in [0.4, 0.5) is 0 Å². The first-order chi connectivity index (χ1) is 10.2. The van der Waals surface area contributed by atoms with Crippen LogP contribution in [0.5, 0.6) is 0 Å². The van der Waals surface area contributed by atoms with Crippen molar-refractivity contribution < 1.29 is 4.52 Å². The van der Waals surface area contributed by atoms with Crippen molar-refractivity contribution in [3.05, 3.63) is 42.4 Å². The molecule has 0 amide bonds. The Bertz CT molecular complexity index is 753. The van der Waals surface area contributed by atoms with Gasteiger partial charge in [-0.1, -0.05) is 25.1 Å². The summed E-state index contributed by atoms with van der Waals surface area (Å²) in [7, 11) is 0. The molecule has 3 rings (SSSR count). The van der Waals surface area contributed by atoms with Crippen LogP contribution < -0.4 is 5.73 Å². The first-order valence-electron chi connectivity index (χ1n) is 7.13. The van der Waals surface area contributed by atoms with E-state index in [9.17, 15) is 0 Å². The maximum Gasteiger partial charge on any atom is 0.231 e. The third kappa shape index (κ3) is 2.64. The van der Waals surface area contributed by atoms with Gasteiger partial charge in [-0.25, -0.2) is 0 Å². The fourth-order valence-electron chi connectivity index (χ4n) is 2.29. The highest BCUT2D eigenvalue weighted by atomic mass is 16.5. The molecule has 1 aromatic carbocycles. The second kappa shape index (κ2) is 5.61. The molecular weight excluding hydrogens is 264 g/mol. The van der Waals surface area contributed by atoms with Crippen LogP contribution >= 0.6 is 0 Å². The zero-order valence-electron chi connectivity index (χ0n) is 12.2. The van der Waals surface area contributed by atoms with Crippen LogP contribution in [-0.2, 0) is 0 Å². The lowest BCUT2D eigenvalue weighted by Crippen LogP contribution is -2.25. The molecule has 0 saturated carbocycles. The molecule has 2 aromatic heterocycles. The van der Waals surface area contributed by atoms with E-state index in [2.05, 4.69) is 22.0 Å². The van der Waals surface area contributed by atoms with Crippen LogP contribution in [0.15, 0.2) is 41.1 Å². The van der Waals surface area contributed by atoms with Gasteiger partial charge in [-0.05, 0) is 30.7 Å². The van der Waals surface area contributed by atoms with E-state index >= 15 is 0 Å². The first kappa shape index (κ1) is 13.7. The van der Waals surface area contributed by atoms with Crippen molar-refractivity contribution in [2.45, 2.75) is 32.2 Å². The monoisotopic (exact) mass is 282 g/mol. The summed E-state index contributed by atoms with van der Waals surface area (Å²) in [6.45, 7) is 4.06. The molecule has 2 unspecified atom stereocenters. The maximum absolute atomic E-state index is 6.03. The third-order valence-electron chi connectivity index (χ3n) is 3.81. The minimum absolute atomic E-state index is 0.0269. The molecule has 0 saturated heterocycles. The number of nitrogens with two attached hydrogens (primary N) is 1. The average molecular weight is 282 g/mol. The van der Waals surface area contributed by atoms with Crippen molar-refractivity contribution in [1.29, 1.82) is 0 Å². The number of hydrogen-bond donors (Lipinski definition) is 1. The lowest BCUT2D eigenvalue weighted by Gasteiger charge is -2.13. The van der Waals surface area contributed by atoms with E-state index in [0.29, 0.717) is 11.7 Å². The predicted molar refractivity (Wildman–Crippen MR) is 81.7 cm³/mol. The van der Waals surface area contributed by atoms with Gasteiger partial charge < -0.3 is 10.3 Å². The van der Waals surface area contributed by atoms with E-state index in [1.807, 2.05) is 37.3 Å². The number of aromatic nitrogens is 3. The molecule has 5 nitrogen and oxygen atoms in total. The molecule has 0 aliphatic carbocycles. The van der Waals surface area contributed by atoms with Gasteiger partial charge >= 0.3 is 0 Å². The van der Waals surface area contributed by atoms with Crippen molar-refractivity contribution in [2.75, 3.05) is 0 Å². The van der Waals surface area contributed by atoms with E-state index in [1.54, 1.807) is 6.20 Å². The van der Waals surface area contributed by atoms with Gasteiger partial charge in [0.25, 0.3) is 0 Å². The van der Waals surface area contributed by atoms with E-state index in [-0.39, 0.29) is 12.0 Å². The van der Waals surface area contributed by atoms with Crippen molar-refractivity contribution in [3.63, 3.8) is 0 Å². The van der Waals surface area contributed by atoms with Gasteiger partial charge in [0, 0.05) is 23.2 Å². The topological polar surface area (TPSA) is 77.8 Å². The highest BCUT2D eigenvalue weighted by Crippen LogP contribution is 2.24. The number of rotatable bonds is 4. The van der Waals surface area contributed by atoms with Gasteiger partial charge in [0.15, 0.2) is 0 Å². The van der Waals surface area contributed by atoms with Gasteiger partial charge in [-0.3, -0.25) is 4.98 Å². The summed E-state index contributed by atoms with van der Waals surface area (Å²) in [6, 6.07) is 9.88. The van der Waals surface area contributed by atoms with E-state index < -0.39 is 0 Å². The summed E-state index contributed by atoms with van der Waals surface area (Å²) in [6.07, 6.45) is 2.66. The van der Waals surface area contributed by atoms with E-state index in [4.69, 9.17) is 10.3 Å². The zero-order valence-corrected chi connectivity index (χ0v) is 12.2. The Kier molecular flexibility index (Phi) is 3.66. The fourth-order valence-corrected chi connectivity index (χ4v) is 2.29. The Balaban J connectivity index is 1.94. The number of benzene rings is 1. The van der Waals surface area contributed by atoms with Gasteiger partial charge in [0.2, 0.25) is 11.7 Å². The Hall–Kier alpha value is -2.27. The lowest BCUT2D eigenvalue weighted by atomic mass is 10.0. The van der Waals surface area contributed by atoms with Crippen LogP contribution in [0.1, 0.15) is 32.1 Å². The minimum atomic E-state index is 0.0269. The molecule has 0 aliphatic heterocycles. The molecule has 108 valence electrons. The molecule has 2 atom stereocenters. The Labute approximate surface area is 123 Å². The second-order valence-corrected chi connectivity index (χ2v) is 5.23. The Morgan fingerprint density at radius 3 is 2.95 bits per heavy atom. The minimum Gasteiger partial charge on any atom is -0.339 e. The SMILES string of the molecule is CCC(N)C(C)c1nc(-c2ccc3ncccc3c2)no1. The molecule has 21 heavy (non-hydrogen) atoms. The molecular formula is C16H18N4O. The van der Waals surface area contributed by atoms with Crippen LogP contribution in [0, 0.1) is 0 Å². The summed E-state index contributed by atoms with van der Waals surface area (Å²) in [5, 5.41) is 5.12. The molecule has 0 radical (unpaired) electrons. The third-order valence-corrected chi connectivity index (χ3v) is 3.81. The fraction of sp³-hybridized carbons (Fsp3) is 0.312. The van der Waals surface area contributed by atoms with E-state index in [1.165, 1.54) is 0 Å². The largest absolute Gasteiger partial charge is 0.339 e. The van der Waals surface area contributed by atoms with Gasteiger partial charge in [0.05, 0.1) is 11.4 Å². The van der Waals surface area contributed by atoms with Crippen LogP contribution in [0.25, 0.3) is 22.3 Å². The van der Waals surface area contributed by atoms with Crippen LogP contribution in [0.3, 0.4) is 0 Å². The van der Waals surface area contributed by atoms with Crippen molar-refractivity contribution in [2.24, 2.45) is 5.73 Å². The van der Waals surface area contributed by atoms with Crippen molar-refractivity contribution >= 4 is 10.9 Å². The highest BCUT2D eigenvalue weighted by molar-refractivity contribution is 5.82. The zero-order chi connectivity index (χ0) is 14.8. The molecule has 0 spiro atoms. The van der Waals surface area contributed by atoms with Gasteiger partial charge in [-0.15, -0.1) is 0 Å². The molecule has 3 aromatic rings. The normalized spacial score (nSPS) is 14.2. The summed E-state index contributed by atoms with van der Waals surface area (Å²) in [5.74, 6) is 1.23. The quantitative estimate of drug-likeness (QED) is 0.795. The molecule has 2 heterocycles. The number of pyridine rings is 1. The number of fused-ring (bicyclic) bond motifs is 1. The summed E-state index contributed by atoms with van der Waals surface area (Å²) in [4.78, 5) is 8.78. The standard InChI is InChI=1S/C16H18N4O/c1-3-13(17)10(2)16-19-15(20-21-16)12-6-7-14-11(9-12)5-4-8-18-14/h4-10,13H,3,17H2,1-2H3. The lowest BCUT2D eigenvalue weighted by molar-refractivity contribution is 0.340. The average Bonchev–Trinajstić information content (AvgIpc) is 3.02. The molecule has 5 heteroatoms. The summed E-state index contributed by atoms with van der Waals surface area (Å²) < 4.78 is 5.36. The summed E-state index contributed by atoms with van der Waals surface area (Å²) >= 11 is 0. The molecule has 2 N–H and O–H groups in total. The molecule has 0 fully saturated rings. The molecule has 0 aliphatic rings. The second-order valence-electron chi connectivity index (χ2n) is 5.23. The Morgan fingerprint density at radius 2 is 2.14 bits per heavy atom. The smallest absolute Gasteiger partial charge is 0.231 e. The summed E-state index contributed by atoms with van der Waals surface area (Å²) in [5.41, 5.74) is 7.90. The number of hydrogen-bond acceptors (Lipinski definition) is 5. The van der Waals surface area contributed by atoms with Crippen molar-refractivity contribution in [3.8, 4) is 11.4 Å². The van der Waals surface area contributed by atoms with E-state index in [0.717, 1.165) is 22.9 Å². The van der Waals surface area contributed by atoms with Gasteiger partial charge in [0.1, 0.15) is 0 Å². The first-order valence-corrected chi connectivity index (χ1v) is 7.13. The Morgan fingerprint density at radius 1 is 1.29 bits per heavy atom. The van der Waals surface area contributed by atoms with Gasteiger partial charge in [-0.2, -0.15) is 4.98 Å². The van der Waals surface area contributed by atoms with Crippen LogP contribution in [-0.4, -0.2) is 21.2 Å². The number of nitrogens with zero attached hydrogens (tertiary/aromatic N) is 3. The highest BCUT2D eigenvalue weighted by Gasteiger charge is 2.20.